The highest BCUT2D eigenvalue weighted by atomic mass is 16.5. The van der Waals surface area contributed by atoms with Crippen LogP contribution in [0, 0.1) is 0 Å². The Kier molecular flexibility index (Phi) is 4.17. The van der Waals surface area contributed by atoms with Crippen LogP contribution in [0.1, 0.15) is 31.1 Å². The maximum absolute atomic E-state index is 12.9. The molecule has 1 aliphatic rings. The van der Waals surface area contributed by atoms with Crippen LogP contribution in [0.3, 0.4) is 0 Å². The minimum Gasteiger partial charge on any atom is -0.372 e. The number of hydrogen-bond donors (Lipinski definition) is 0. The quantitative estimate of drug-likeness (QED) is 0.845. The molecule has 0 unspecified atom stereocenters. The number of aryl methyl sites for hydroxylation is 1. The summed E-state index contributed by atoms with van der Waals surface area (Å²) >= 11 is 0. The molecule has 6 heteroatoms. The number of rotatable bonds is 2. The summed E-state index contributed by atoms with van der Waals surface area (Å²) in [6, 6.07) is 5.33. The summed E-state index contributed by atoms with van der Waals surface area (Å²) in [5, 5.41) is 0.798. The van der Waals surface area contributed by atoms with E-state index in [1.807, 2.05) is 26.8 Å². The van der Waals surface area contributed by atoms with E-state index >= 15 is 0 Å². The number of hydrogen-bond acceptors (Lipinski definition) is 4. The van der Waals surface area contributed by atoms with E-state index in [9.17, 15) is 9.59 Å². The molecule has 0 aliphatic carbocycles. The molecule has 122 valence electrons. The van der Waals surface area contributed by atoms with E-state index < -0.39 is 0 Å². The maximum atomic E-state index is 12.9. The fourth-order valence-electron chi connectivity index (χ4n) is 3.17. The van der Waals surface area contributed by atoms with Gasteiger partial charge in [0.05, 0.1) is 12.2 Å². The number of pyridine rings is 2. The van der Waals surface area contributed by atoms with Crippen LogP contribution in [0.25, 0.3) is 11.0 Å². The normalized spacial score (nSPS) is 21.6. The molecule has 6 nitrogen and oxygen atoms in total. The predicted molar refractivity (Wildman–Crippen MR) is 87.6 cm³/mol. The molecular weight excluding hydrogens is 294 g/mol. The molecule has 0 saturated carbocycles. The third-order valence-corrected chi connectivity index (χ3v) is 4.10. The van der Waals surface area contributed by atoms with Gasteiger partial charge >= 0.3 is 0 Å². The lowest BCUT2D eigenvalue weighted by Gasteiger charge is -2.35. The van der Waals surface area contributed by atoms with Crippen molar-refractivity contribution in [2.24, 2.45) is 0 Å². The fourth-order valence-corrected chi connectivity index (χ4v) is 3.17. The van der Waals surface area contributed by atoms with Crippen LogP contribution in [0.15, 0.2) is 29.2 Å². The largest absolute Gasteiger partial charge is 0.372 e. The Morgan fingerprint density at radius 3 is 2.70 bits per heavy atom. The van der Waals surface area contributed by atoms with Crippen molar-refractivity contribution in [3.05, 3.63) is 40.3 Å². The number of nitrogens with zero attached hydrogens (tertiary/aromatic N) is 3. The Morgan fingerprint density at radius 1 is 1.35 bits per heavy atom. The topological polar surface area (TPSA) is 64.4 Å². The summed E-state index contributed by atoms with van der Waals surface area (Å²) < 4.78 is 7.21. The van der Waals surface area contributed by atoms with Gasteiger partial charge in [0.25, 0.3) is 11.5 Å². The van der Waals surface area contributed by atoms with Gasteiger partial charge in [0.2, 0.25) is 0 Å². The molecule has 1 saturated heterocycles. The van der Waals surface area contributed by atoms with Gasteiger partial charge in [-0.1, -0.05) is 0 Å². The van der Waals surface area contributed by atoms with E-state index in [1.165, 1.54) is 0 Å². The first kappa shape index (κ1) is 15.7. The number of carbonyl (C=O) groups excluding carboxylic acids is 1. The number of carbonyl (C=O) groups is 1. The maximum Gasteiger partial charge on any atom is 0.265 e. The van der Waals surface area contributed by atoms with E-state index in [-0.39, 0.29) is 29.2 Å². The molecule has 0 aromatic carbocycles. The molecule has 3 rings (SSSR count). The zero-order valence-electron chi connectivity index (χ0n) is 13.7. The van der Waals surface area contributed by atoms with Gasteiger partial charge in [0.15, 0.2) is 0 Å². The molecule has 23 heavy (non-hydrogen) atoms. The zero-order valence-corrected chi connectivity index (χ0v) is 13.7. The van der Waals surface area contributed by atoms with E-state index in [0.29, 0.717) is 25.3 Å². The van der Waals surface area contributed by atoms with Crippen molar-refractivity contribution in [1.29, 1.82) is 0 Å². The highest BCUT2D eigenvalue weighted by Gasteiger charge is 2.28. The Morgan fingerprint density at radius 2 is 2.04 bits per heavy atom. The molecule has 0 spiro atoms. The van der Waals surface area contributed by atoms with E-state index in [4.69, 9.17) is 4.74 Å². The van der Waals surface area contributed by atoms with Crippen LogP contribution in [0.5, 0.6) is 0 Å². The second kappa shape index (κ2) is 6.12. The summed E-state index contributed by atoms with van der Waals surface area (Å²) in [5.74, 6) is -0.232. The van der Waals surface area contributed by atoms with Gasteiger partial charge in [-0.25, -0.2) is 4.98 Å². The van der Waals surface area contributed by atoms with Crippen LogP contribution in [0.4, 0.5) is 0 Å². The van der Waals surface area contributed by atoms with Gasteiger partial charge in [0.1, 0.15) is 11.2 Å². The standard InChI is InChI=1S/C17H21N3O3/c1-4-20-15-13(6-5-7-18-15)8-14(17(20)22)16(21)19-9-11(2)23-12(3)10-19/h5-8,11-12H,4,9-10H2,1-3H3/t11-,12-/m0/s1. The third kappa shape index (κ3) is 2.86. The monoisotopic (exact) mass is 315 g/mol. The van der Waals surface area contributed by atoms with Gasteiger partial charge in [-0.3, -0.25) is 14.2 Å². The number of fused-ring (bicyclic) bond motifs is 1. The van der Waals surface area contributed by atoms with Gasteiger partial charge in [-0.05, 0) is 39.0 Å². The molecule has 2 atom stereocenters. The van der Waals surface area contributed by atoms with E-state index in [2.05, 4.69) is 4.98 Å². The molecule has 2 aromatic heterocycles. The lowest BCUT2D eigenvalue weighted by molar-refractivity contribution is -0.0586. The first-order valence-corrected chi connectivity index (χ1v) is 7.94. The van der Waals surface area contributed by atoms with Crippen LogP contribution >= 0.6 is 0 Å². The summed E-state index contributed by atoms with van der Waals surface area (Å²) in [5.41, 5.74) is 0.532. The Balaban J connectivity index is 2.07. The molecule has 1 aliphatic heterocycles. The van der Waals surface area contributed by atoms with Gasteiger partial charge in [-0.2, -0.15) is 0 Å². The van der Waals surface area contributed by atoms with Crippen molar-refractivity contribution in [2.45, 2.75) is 39.5 Å². The summed E-state index contributed by atoms with van der Waals surface area (Å²) in [4.78, 5) is 31.5. The molecule has 0 radical (unpaired) electrons. The molecule has 0 N–H and O–H groups in total. The first-order valence-electron chi connectivity index (χ1n) is 7.94. The van der Waals surface area contributed by atoms with Crippen LogP contribution in [0.2, 0.25) is 0 Å². The lowest BCUT2D eigenvalue weighted by atomic mass is 10.1. The molecule has 0 bridgehead atoms. The van der Waals surface area contributed by atoms with Crippen molar-refractivity contribution >= 4 is 16.9 Å². The average Bonchev–Trinajstić information content (AvgIpc) is 2.53. The van der Waals surface area contributed by atoms with E-state index in [0.717, 1.165) is 5.39 Å². The minimum atomic E-state index is -0.282. The van der Waals surface area contributed by atoms with Gasteiger partial charge < -0.3 is 9.64 Å². The predicted octanol–water partition coefficient (Wildman–Crippen LogP) is 1.67. The smallest absolute Gasteiger partial charge is 0.265 e. The second-order valence-corrected chi connectivity index (χ2v) is 5.99. The fraction of sp³-hybridized carbons (Fsp3) is 0.471. The van der Waals surface area contributed by atoms with Crippen molar-refractivity contribution in [1.82, 2.24) is 14.5 Å². The molecule has 1 fully saturated rings. The number of morpholine rings is 1. The molecular formula is C17H21N3O3. The Labute approximate surface area is 134 Å². The summed E-state index contributed by atoms with van der Waals surface area (Å²) in [7, 11) is 0. The third-order valence-electron chi connectivity index (χ3n) is 4.10. The van der Waals surface area contributed by atoms with Crippen LogP contribution in [-0.2, 0) is 11.3 Å². The van der Waals surface area contributed by atoms with E-state index in [1.54, 1.807) is 27.8 Å². The summed E-state index contributed by atoms with van der Waals surface area (Å²) in [6.07, 6.45) is 1.59. The molecule has 3 heterocycles. The Bertz CT molecular complexity index is 789. The molecule has 1 amide bonds. The molecule has 2 aromatic rings. The SMILES string of the molecule is CCn1c(=O)c(C(=O)N2C[C@H](C)O[C@@H](C)C2)cc2cccnc21. The van der Waals surface area contributed by atoms with Crippen molar-refractivity contribution in [3.8, 4) is 0 Å². The second-order valence-electron chi connectivity index (χ2n) is 5.99. The van der Waals surface area contributed by atoms with Crippen molar-refractivity contribution in [3.63, 3.8) is 0 Å². The van der Waals surface area contributed by atoms with Crippen molar-refractivity contribution in [2.75, 3.05) is 13.1 Å². The van der Waals surface area contributed by atoms with Crippen LogP contribution < -0.4 is 5.56 Å². The highest BCUT2D eigenvalue weighted by Crippen LogP contribution is 2.16. The van der Waals surface area contributed by atoms with Crippen molar-refractivity contribution < 1.29 is 9.53 Å². The van der Waals surface area contributed by atoms with Crippen LogP contribution in [-0.4, -0.2) is 45.7 Å². The van der Waals surface area contributed by atoms with Gasteiger partial charge in [0, 0.05) is 31.2 Å². The minimum absolute atomic E-state index is 0.0294. The first-order chi connectivity index (χ1) is 11.0. The number of ether oxygens (including phenoxy) is 1. The number of amides is 1. The van der Waals surface area contributed by atoms with Gasteiger partial charge in [-0.15, -0.1) is 0 Å². The summed E-state index contributed by atoms with van der Waals surface area (Å²) in [6.45, 7) is 7.22. The highest BCUT2D eigenvalue weighted by molar-refractivity contribution is 5.97. The zero-order chi connectivity index (χ0) is 16.6. The lowest BCUT2D eigenvalue weighted by Crippen LogP contribution is -2.49. The Hall–Kier alpha value is -2.21. The average molecular weight is 315 g/mol. The number of aromatic nitrogens is 2.